The van der Waals surface area contributed by atoms with Crippen LogP contribution in [0.15, 0.2) is 52.2 Å². The van der Waals surface area contributed by atoms with Crippen LogP contribution in [0.2, 0.25) is 5.02 Å². The van der Waals surface area contributed by atoms with Crippen molar-refractivity contribution in [3.8, 4) is 17.4 Å². The Balaban J connectivity index is 1.77. The molecule has 0 spiro atoms. The number of halogens is 4. The van der Waals surface area contributed by atoms with Crippen molar-refractivity contribution in [3.05, 3.63) is 78.9 Å². The summed E-state index contributed by atoms with van der Waals surface area (Å²) in [6.45, 7) is 6.01. The Bertz CT molecular complexity index is 1610. The second kappa shape index (κ2) is 11.0. The molecule has 12 heteroatoms. The summed E-state index contributed by atoms with van der Waals surface area (Å²) >= 11 is 6.67. The maximum atomic E-state index is 13.3. The van der Waals surface area contributed by atoms with Gasteiger partial charge in [-0.25, -0.2) is 0 Å². The Morgan fingerprint density at radius 2 is 1.95 bits per heavy atom. The van der Waals surface area contributed by atoms with Gasteiger partial charge in [0.05, 0.1) is 15.1 Å². The highest BCUT2D eigenvalue weighted by Crippen LogP contribution is 2.37. The lowest BCUT2D eigenvalue weighted by Crippen LogP contribution is -2.48. The molecule has 1 saturated heterocycles. The van der Waals surface area contributed by atoms with Crippen LogP contribution in [0, 0.1) is 11.3 Å². The van der Waals surface area contributed by atoms with Crippen LogP contribution in [0.4, 0.5) is 13.2 Å². The van der Waals surface area contributed by atoms with Gasteiger partial charge in [-0.15, -0.1) is 17.9 Å². The number of carbonyl (C=O) groups is 1. The molecule has 1 aliphatic heterocycles. The standard InChI is InChI=1S/C26H22ClF3N4O3S/c1-3-8-34-24(36)22(38-25(34)18(15-31)23(35)33-11-9-32(2)10-12-33)14-17-5-7-21(37-17)16-4-6-20(27)19(13-16)26(28,29)30/h3-7,13-14H,1,8-12H2,2H3. The summed E-state index contributed by atoms with van der Waals surface area (Å²) in [7, 11) is 1.95. The average Bonchev–Trinajstić information content (AvgIpc) is 3.45. The number of amides is 1. The molecule has 3 aromatic rings. The number of nitriles is 1. The number of thiazole rings is 1. The number of allylic oxidation sites excluding steroid dienone is 1. The Morgan fingerprint density at radius 1 is 1.24 bits per heavy atom. The smallest absolute Gasteiger partial charge is 0.417 e. The Kier molecular flexibility index (Phi) is 7.97. The first-order chi connectivity index (χ1) is 18.0. The van der Waals surface area contributed by atoms with Gasteiger partial charge >= 0.3 is 6.18 Å². The second-order valence-corrected chi connectivity index (χ2v) is 10.0. The lowest BCUT2D eigenvalue weighted by Gasteiger charge is -2.32. The normalized spacial score (nSPS) is 15.9. The molecule has 0 aliphatic carbocycles. The van der Waals surface area contributed by atoms with Crippen molar-refractivity contribution in [2.75, 3.05) is 33.2 Å². The fourth-order valence-corrected chi connectivity index (χ4v) is 5.27. The highest BCUT2D eigenvalue weighted by atomic mass is 35.5. The van der Waals surface area contributed by atoms with Gasteiger partial charge in [-0.1, -0.05) is 17.7 Å². The monoisotopic (exact) mass is 562 g/mol. The van der Waals surface area contributed by atoms with Gasteiger partial charge in [0.15, 0.2) is 5.57 Å². The number of likely N-dealkylation sites (N-methyl/N-ethyl adjacent to an activating group) is 1. The van der Waals surface area contributed by atoms with Crippen molar-refractivity contribution in [1.82, 2.24) is 14.4 Å². The van der Waals surface area contributed by atoms with Crippen molar-refractivity contribution in [1.29, 1.82) is 5.26 Å². The summed E-state index contributed by atoms with van der Waals surface area (Å²) < 4.78 is 47.2. The summed E-state index contributed by atoms with van der Waals surface area (Å²) in [5, 5.41) is 9.42. The zero-order chi connectivity index (χ0) is 27.6. The largest absolute Gasteiger partial charge is 0.457 e. The van der Waals surface area contributed by atoms with Crippen LogP contribution in [0.3, 0.4) is 0 Å². The number of benzene rings is 1. The van der Waals surface area contributed by atoms with Crippen molar-refractivity contribution < 1.29 is 22.4 Å². The lowest BCUT2D eigenvalue weighted by molar-refractivity contribution is -0.137. The van der Waals surface area contributed by atoms with Crippen LogP contribution >= 0.6 is 22.9 Å². The number of hydrogen-bond acceptors (Lipinski definition) is 6. The summed E-state index contributed by atoms with van der Waals surface area (Å²) in [5.41, 5.74) is -1.42. The van der Waals surface area contributed by atoms with E-state index >= 15 is 0 Å². The van der Waals surface area contributed by atoms with Crippen molar-refractivity contribution in [2.45, 2.75) is 12.7 Å². The van der Waals surface area contributed by atoms with E-state index < -0.39 is 28.2 Å². The van der Waals surface area contributed by atoms with Gasteiger partial charge in [0.2, 0.25) is 0 Å². The molecule has 4 rings (SSSR count). The molecule has 1 amide bonds. The van der Waals surface area contributed by atoms with Crippen LogP contribution in [-0.2, 0) is 17.5 Å². The molecule has 0 bridgehead atoms. The molecule has 1 fully saturated rings. The first-order valence-electron chi connectivity index (χ1n) is 11.4. The molecular formula is C26H22ClF3N4O3S. The van der Waals surface area contributed by atoms with Crippen LogP contribution in [0.1, 0.15) is 11.3 Å². The molecule has 3 heterocycles. The van der Waals surface area contributed by atoms with Gasteiger partial charge in [0.25, 0.3) is 11.5 Å². The first kappa shape index (κ1) is 27.4. The molecule has 0 unspecified atom stereocenters. The Morgan fingerprint density at radius 3 is 2.58 bits per heavy atom. The molecule has 0 N–H and O–H groups in total. The van der Waals surface area contributed by atoms with Crippen LogP contribution in [-0.4, -0.2) is 53.5 Å². The maximum Gasteiger partial charge on any atom is 0.417 e. The minimum atomic E-state index is -4.63. The van der Waals surface area contributed by atoms with E-state index in [2.05, 4.69) is 11.5 Å². The highest BCUT2D eigenvalue weighted by molar-refractivity contribution is 7.07. The van der Waals surface area contributed by atoms with E-state index in [1.165, 1.54) is 34.9 Å². The summed E-state index contributed by atoms with van der Waals surface area (Å²) in [6.07, 6.45) is -1.72. The van der Waals surface area contributed by atoms with E-state index in [1.807, 2.05) is 13.1 Å². The van der Waals surface area contributed by atoms with Gasteiger partial charge in [-0.3, -0.25) is 14.2 Å². The third-order valence-corrected chi connectivity index (χ3v) is 7.47. The number of carbonyl (C=O) groups excluding carboxylic acids is 1. The van der Waals surface area contributed by atoms with E-state index in [1.54, 1.807) is 4.90 Å². The summed E-state index contributed by atoms with van der Waals surface area (Å²) in [5.74, 6) is -0.0890. The molecular weight excluding hydrogens is 541 g/mol. The second-order valence-electron chi connectivity index (χ2n) is 8.60. The number of aromatic nitrogens is 1. The molecule has 1 aromatic carbocycles. The van der Waals surface area contributed by atoms with Crippen LogP contribution in [0.5, 0.6) is 0 Å². The summed E-state index contributed by atoms with van der Waals surface area (Å²) in [6, 6.07) is 8.39. The van der Waals surface area contributed by atoms with E-state index in [0.717, 1.165) is 23.5 Å². The molecule has 0 atom stereocenters. The predicted molar refractivity (Wildman–Crippen MR) is 139 cm³/mol. The molecule has 2 aromatic heterocycles. The number of furan rings is 1. The van der Waals surface area contributed by atoms with E-state index in [9.17, 15) is 28.0 Å². The fourth-order valence-electron chi connectivity index (χ4n) is 3.97. The first-order valence-corrected chi connectivity index (χ1v) is 12.6. The van der Waals surface area contributed by atoms with Gasteiger partial charge in [0.1, 0.15) is 22.3 Å². The number of piperazine rings is 1. The molecule has 0 radical (unpaired) electrons. The van der Waals surface area contributed by atoms with Gasteiger partial charge in [-0.2, -0.15) is 18.4 Å². The van der Waals surface area contributed by atoms with E-state index in [-0.39, 0.29) is 38.4 Å². The number of alkyl halides is 3. The quantitative estimate of drug-likeness (QED) is 0.446. The van der Waals surface area contributed by atoms with Gasteiger partial charge < -0.3 is 14.2 Å². The zero-order valence-electron chi connectivity index (χ0n) is 20.2. The maximum absolute atomic E-state index is 13.3. The number of rotatable bonds is 5. The average molecular weight is 563 g/mol. The van der Waals surface area contributed by atoms with Crippen molar-refractivity contribution >= 4 is 40.5 Å². The van der Waals surface area contributed by atoms with Crippen LogP contribution in [0.25, 0.3) is 23.0 Å². The van der Waals surface area contributed by atoms with Gasteiger partial charge in [-0.05, 0) is 37.4 Å². The third kappa shape index (κ3) is 5.62. The lowest BCUT2D eigenvalue weighted by atomic mass is 10.1. The fraction of sp³-hybridized carbons (Fsp3) is 0.269. The molecule has 38 heavy (non-hydrogen) atoms. The van der Waals surface area contributed by atoms with E-state index in [4.69, 9.17) is 16.0 Å². The van der Waals surface area contributed by atoms with Crippen molar-refractivity contribution in [3.63, 3.8) is 0 Å². The molecule has 7 nitrogen and oxygen atoms in total. The highest BCUT2D eigenvalue weighted by Gasteiger charge is 2.33. The Labute approximate surface area is 224 Å². The number of hydrogen-bond donors (Lipinski definition) is 0. The summed E-state index contributed by atoms with van der Waals surface area (Å²) in [4.78, 5) is 30.0. The zero-order valence-corrected chi connectivity index (χ0v) is 21.8. The predicted octanol–water partition coefficient (Wildman–Crippen LogP) is 3.31. The molecule has 0 saturated carbocycles. The molecule has 1 aliphatic rings. The molecule has 198 valence electrons. The minimum Gasteiger partial charge on any atom is -0.457 e. The Hall–Kier alpha value is -3.59. The SMILES string of the molecule is C=CCn1c(=C(C#N)C(=O)N2CCN(C)CC2)sc(=Cc2ccc(-c3ccc(Cl)c(C(F)(F)F)c3)o2)c1=O. The van der Waals surface area contributed by atoms with Crippen LogP contribution < -0.4 is 14.8 Å². The van der Waals surface area contributed by atoms with E-state index in [0.29, 0.717) is 26.2 Å². The van der Waals surface area contributed by atoms with Gasteiger partial charge in [0, 0.05) is 44.4 Å². The minimum absolute atomic E-state index is 0.0775. The van der Waals surface area contributed by atoms with Crippen molar-refractivity contribution in [2.24, 2.45) is 0 Å². The third-order valence-electron chi connectivity index (χ3n) is 6.01. The number of nitrogens with zero attached hydrogens (tertiary/aromatic N) is 4. The topological polar surface area (TPSA) is 82.5 Å².